The third-order valence-electron chi connectivity index (χ3n) is 2.23. The van der Waals surface area contributed by atoms with Crippen molar-refractivity contribution in [1.82, 2.24) is 5.32 Å². The normalized spacial score (nSPS) is 23.5. The first-order valence-corrected chi connectivity index (χ1v) is 6.62. The first-order valence-electron chi connectivity index (χ1n) is 4.19. The van der Waals surface area contributed by atoms with E-state index in [1.165, 1.54) is 11.3 Å². The second kappa shape index (κ2) is 3.40. The minimum absolute atomic E-state index is 0.217. The Balaban J connectivity index is 2.30. The second-order valence-corrected chi connectivity index (χ2v) is 6.49. The van der Waals surface area contributed by atoms with E-state index >= 15 is 0 Å². The topological polar surface area (TPSA) is 46.2 Å². The standard InChI is InChI=1S/C8H11NO2S2/c10-13(11,7-3-4-9-6-7)8-2-1-5-12-8/h1-2,5,7,9H,3-4,6H2. The average Bonchev–Trinajstić information content (AvgIpc) is 2.78. The Bertz CT molecular complexity index is 363. The Kier molecular flexibility index (Phi) is 2.40. The van der Waals surface area contributed by atoms with Gasteiger partial charge < -0.3 is 5.32 Å². The number of sulfone groups is 1. The highest BCUT2D eigenvalue weighted by Crippen LogP contribution is 2.23. The Morgan fingerprint density at radius 2 is 2.38 bits per heavy atom. The fourth-order valence-electron chi connectivity index (χ4n) is 1.48. The van der Waals surface area contributed by atoms with E-state index in [1.807, 2.05) is 0 Å². The summed E-state index contributed by atoms with van der Waals surface area (Å²) in [5.74, 6) is 0. The van der Waals surface area contributed by atoms with Crippen molar-refractivity contribution < 1.29 is 8.42 Å². The number of thiophene rings is 1. The molecule has 0 spiro atoms. The largest absolute Gasteiger partial charge is 0.315 e. The highest BCUT2D eigenvalue weighted by atomic mass is 32.2. The summed E-state index contributed by atoms with van der Waals surface area (Å²) in [7, 11) is -3.04. The van der Waals surface area contributed by atoms with Crippen LogP contribution in [0.15, 0.2) is 21.7 Å². The van der Waals surface area contributed by atoms with Gasteiger partial charge in [-0.05, 0) is 24.4 Å². The lowest BCUT2D eigenvalue weighted by Gasteiger charge is -2.07. The van der Waals surface area contributed by atoms with Crippen molar-refractivity contribution in [2.24, 2.45) is 0 Å². The lowest BCUT2D eigenvalue weighted by molar-refractivity contribution is 0.585. The molecule has 1 aliphatic heterocycles. The maximum atomic E-state index is 11.9. The molecule has 5 heteroatoms. The average molecular weight is 217 g/mol. The Morgan fingerprint density at radius 1 is 1.54 bits per heavy atom. The van der Waals surface area contributed by atoms with E-state index in [2.05, 4.69) is 5.32 Å². The monoisotopic (exact) mass is 217 g/mol. The van der Waals surface area contributed by atoms with Crippen LogP contribution in [0.3, 0.4) is 0 Å². The van der Waals surface area contributed by atoms with Crippen LogP contribution in [0, 0.1) is 0 Å². The summed E-state index contributed by atoms with van der Waals surface area (Å²) in [6.45, 7) is 1.41. The van der Waals surface area contributed by atoms with Crippen LogP contribution in [-0.4, -0.2) is 26.8 Å². The highest BCUT2D eigenvalue weighted by molar-refractivity contribution is 7.94. The van der Waals surface area contributed by atoms with Crippen LogP contribution >= 0.6 is 11.3 Å². The molecule has 2 heterocycles. The summed E-state index contributed by atoms with van der Waals surface area (Å²) >= 11 is 1.30. The second-order valence-electron chi connectivity index (χ2n) is 3.09. The van der Waals surface area contributed by atoms with Crippen molar-refractivity contribution in [3.05, 3.63) is 17.5 Å². The maximum absolute atomic E-state index is 11.9. The van der Waals surface area contributed by atoms with E-state index in [0.29, 0.717) is 10.8 Å². The molecule has 1 unspecified atom stereocenters. The van der Waals surface area contributed by atoms with Crippen molar-refractivity contribution >= 4 is 21.2 Å². The van der Waals surface area contributed by atoms with Gasteiger partial charge >= 0.3 is 0 Å². The molecule has 1 aliphatic rings. The lowest BCUT2D eigenvalue weighted by Crippen LogP contribution is -2.23. The summed E-state index contributed by atoms with van der Waals surface area (Å²) in [6, 6.07) is 3.46. The Labute approximate surface area is 81.7 Å². The molecule has 2 rings (SSSR count). The fourth-order valence-corrected chi connectivity index (χ4v) is 4.40. The van der Waals surface area contributed by atoms with E-state index in [9.17, 15) is 8.42 Å². The van der Waals surface area contributed by atoms with Gasteiger partial charge in [0.2, 0.25) is 0 Å². The van der Waals surface area contributed by atoms with Gasteiger partial charge in [-0.3, -0.25) is 0 Å². The fraction of sp³-hybridized carbons (Fsp3) is 0.500. The minimum atomic E-state index is -3.04. The summed E-state index contributed by atoms with van der Waals surface area (Å²) < 4.78 is 24.2. The molecule has 13 heavy (non-hydrogen) atoms. The maximum Gasteiger partial charge on any atom is 0.191 e. The van der Waals surface area contributed by atoms with Gasteiger partial charge in [0.05, 0.1) is 5.25 Å². The predicted octanol–water partition coefficient (Wildman–Crippen LogP) is 0.884. The zero-order valence-corrected chi connectivity index (χ0v) is 8.70. The van der Waals surface area contributed by atoms with Crippen LogP contribution in [0.5, 0.6) is 0 Å². The molecular weight excluding hydrogens is 206 g/mol. The van der Waals surface area contributed by atoms with Crippen molar-refractivity contribution in [3.8, 4) is 0 Å². The van der Waals surface area contributed by atoms with E-state index in [0.717, 1.165) is 13.0 Å². The van der Waals surface area contributed by atoms with Crippen molar-refractivity contribution in [2.75, 3.05) is 13.1 Å². The molecular formula is C8H11NO2S2. The van der Waals surface area contributed by atoms with Gasteiger partial charge in [-0.25, -0.2) is 8.42 Å². The molecule has 0 aliphatic carbocycles. The molecule has 1 atom stereocenters. The molecule has 1 fully saturated rings. The molecule has 0 radical (unpaired) electrons. The summed E-state index contributed by atoms with van der Waals surface area (Å²) in [5, 5.41) is 4.65. The van der Waals surface area contributed by atoms with Crippen LogP contribution in [0.4, 0.5) is 0 Å². The molecule has 0 aromatic carbocycles. The Morgan fingerprint density at radius 3 is 2.92 bits per heavy atom. The van der Waals surface area contributed by atoms with Gasteiger partial charge in [0.1, 0.15) is 4.21 Å². The highest BCUT2D eigenvalue weighted by Gasteiger charge is 2.30. The third-order valence-corrected chi connectivity index (χ3v) is 5.85. The molecule has 1 N–H and O–H groups in total. The Hall–Kier alpha value is -0.390. The molecule has 0 amide bonds. The first kappa shape index (κ1) is 9.18. The van der Waals surface area contributed by atoms with E-state index in [4.69, 9.17) is 0 Å². The number of hydrogen-bond acceptors (Lipinski definition) is 4. The number of nitrogens with one attached hydrogen (secondary N) is 1. The molecule has 72 valence electrons. The SMILES string of the molecule is O=S(=O)(c1cccs1)C1CCNC1. The molecule has 3 nitrogen and oxygen atoms in total. The van der Waals surface area contributed by atoms with Crippen LogP contribution in [0.25, 0.3) is 0 Å². The van der Waals surface area contributed by atoms with Crippen molar-refractivity contribution in [2.45, 2.75) is 15.9 Å². The quantitative estimate of drug-likeness (QED) is 0.800. The van der Waals surface area contributed by atoms with Gasteiger partial charge in [-0.15, -0.1) is 11.3 Å². The van der Waals surface area contributed by atoms with E-state index in [-0.39, 0.29) is 5.25 Å². The molecule has 1 aromatic heterocycles. The zero-order valence-electron chi connectivity index (χ0n) is 7.06. The van der Waals surface area contributed by atoms with Gasteiger partial charge in [-0.1, -0.05) is 6.07 Å². The summed E-state index contributed by atoms with van der Waals surface area (Å²) in [6.07, 6.45) is 0.736. The van der Waals surface area contributed by atoms with Gasteiger partial charge in [-0.2, -0.15) is 0 Å². The van der Waals surface area contributed by atoms with Crippen LogP contribution in [-0.2, 0) is 9.84 Å². The van der Waals surface area contributed by atoms with E-state index in [1.54, 1.807) is 17.5 Å². The van der Waals surface area contributed by atoms with Gasteiger partial charge in [0, 0.05) is 6.54 Å². The first-order chi connectivity index (χ1) is 6.21. The van der Waals surface area contributed by atoms with Crippen LogP contribution in [0.1, 0.15) is 6.42 Å². The number of rotatable bonds is 2. The summed E-state index contributed by atoms with van der Waals surface area (Å²) in [4.78, 5) is 0. The van der Waals surface area contributed by atoms with Crippen LogP contribution < -0.4 is 5.32 Å². The molecule has 1 aromatic rings. The lowest BCUT2D eigenvalue weighted by atomic mass is 10.4. The van der Waals surface area contributed by atoms with Gasteiger partial charge in [0.25, 0.3) is 0 Å². The molecule has 0 saturated carbocycles. The van der Waals surface area contributed by atoms with Crippen LogP contribution in [0.2, 0.25) is 0 Å². The van der Waals surface area contributed by atoms with E-state index < -0.39 is 9.84 Å². The van der Waals surface area contributed by atoms with Crippen molar-refractivity contribution in [3.63, 3.8) is 0 Å². The number of hydrogen-bond donors (Lipinski definition) is 1. The van der Waals surface area contributed by atoms with Crippen molar-refractivity contribution in [1.29, 1.82) is 0 Å². The predicted molar refractivity (Wildman–Crippen MR) is 52.8 cm³/mol. The third kappa shape index (κ3) is 1.63. The molecule has 0 bridgehead atoms. The smallest absolute Gasteiger partial charge is 0.191 e. The molecule has 1 saturated heterocycles. The zero-order chi connectivity index (χ0) is 9.31. The van der Waals surface area contributed by atoms with Gasteiger partial charge in [0.15, 0.2) is 9.84 Å². The summed E-state index contributed by atoms with van der Waals surface area (Å²) in [5.41, 5.74) is 0. The minimum Gasteiger partial charge on any atom is -0.315 e.